The van der Waals surface area contributed by atoms with Crippen LogP contribution >= 0.6 is 0 Å². The first-order chi connectivity index (χ1) is 14.2. The van der Waals surface area contributed by atoms with Crippen molar-refractivity contribution in [2.24, 2.45) is 0 Å². The van der Waals surface area contributed by atoms with Gasteiger partial charge in [0.1, 0.15) is 6.61 Å². The Morgan fingerprint density at radius 2 is 1.67 bits per heavy atom. The summed E-state index contributed by atoms with van der Waals surface area (Å²) >= 11 is 0. The molecule has 0 fully saturated rings. The van der Waals surface area contributed by atoms with Gasteiger partial charge in [-0.25, -0.2) is 13.2 Å². The summed E-state index contributed by atoms with van der Waals surface area (Å²) in [7, 11) is -3.41. The second-order valence-electron chi connectivity index (χ2n) is 7.44. The molecular weight excluding hydrogens is 398 g/mol. The molecule has 0 saturated carbocycles. The van der Waals surface area contributed by atoms with Crippen molar-refractivity contribution in [1.29, 1.82) is 0 Å². The van der Waals surface area contributed by atoms with Crippen molar-refractivity contribution in [1.82, 2.24) is 0 Å². The lowest BCUT2D eigenvalue weighted by molar-refractivity contribution is 0.0473. The number of nitrogens with one attached hydrogen (secondary N) is 1. The normalized spacial score (nSPS) is 11.3. The molecule has 0 bridgehead atoms. The number of ether oxygens (including phenoxy) is 1. The van der Waals surface area contributed by atoms with Gasteiger partial charge in [0.25, 0.3) is 0 Å². The number of sulfonamides is 1. The van der Waals surface area contributed by atoms with Crippen molar-refractivity contribution in [3.63, 3.8) is 0 Å². The molecule has 0 aliphatic heterocycles. The molecule has 156 valence electrons. The smallest absolute Gasteiger partial charge is 0.339 e. The van der Waals surface area contributed by atoms with Crippen LogP contribution in [0.15, 0.2) is 72.8 Å². The largest absolute Gasteiger partial charge is 0.457 e. The molecule has 3 aromatic carbocycles. The van der Waals surface area contributed by atoms with E-state index < -0.39 is 16.0 Å². The van der Waals surface area contributed by atoms with Crippen molar-refractivity contribution in [3.05, 3.63) is 89.5 Å². The lowest BCUT2D eigenvalue weighted by atomic mass is 9.88. The lowest BCUT2D eigenvalue weighted by Gasteiger charge is -2.18. The first-order valence-electron chi connectivity index (χ1n) is 9.67. The minimum Gasteiger partial charge on any atom is -0.457 e. The lowest BCUT2D eigenvalue weighted by Crippen LogP contribution is -2.10. The zero-order valence-electron chi connectivity index (χ0n) is 17.3. The topological polar surface area (TPSA) is 72.5 Å². The predicted molar refractivity (Wildman–Crippen MR) is 120 cm³/mol. The average molecular weight is 424 g/mol. The maximum Gasteiger partial charge on any atom is 0.339 e. The van der Waals surface area contributed by atoms with Crippen LogP contribution in [0, 0.1) is 0 Å². The Kier molecular flexibility index (Phi) is 6.57. The molecule has 3 rings (SSSR count). The third-order valence-corrected chi connectivity index (χ3v) is 5.21. The third kappa shape index (κ3) is 5.48. The van der Waals surface area contributed by atoms with Gasteiger partial charge in [-0.1, -0.05) is 68.4 Å². The van der Waals surface area contributed by atoms with E-state index in [1.165, 1.54) is 0 Å². The molecule has 0 radical (unpaired) electrons. The van der Waals surface area contributed by atoms with Crippen molar-refractivity contribution in [3.8, 4) is 11.1 Å². The molecule has 0 saturated heterocycles. The van der Waals surface area contributed by atoms with Crippen LogP contribution in [0.4, 0.5) is 5.69 Å². The molecule has 0 atom stereocenters. The van der Waals surface area contributed by atoms with Crippen LogP contribution < -0.4 is 4.72 Å². The van der Waals surface area contributed by atoms with Crippen LogP contribution in [0.1, 0.15) is 41.3 Å². The molecule has 0 aromatic heterocycles. The number of carbonyl (C=O) groups excluding carboxylic acids is 1. The zero-order chi connectivity index (χ0) is 21.7. The average Bonchev–Trinajstić information content (AvgIpc) is 2.71. The monoisotopic (exact) mass is 423 g/mol. The van der Waals surface area contributed by atoms with E-state index in [1.807, 2.05) is 48.5 Å². The van der Waals surface area contributed by atoms with Gasteiger partial charge < -0.3 is 4.74 Å². The third-order valence-electron chi connectivity index (χ3n) is 4.61. The Bertz CT molecular complexity index is 1140. The highest BCUT2D eigenvalue weighted by Crippen LogP contribution is 2.34. The fourth-order valence-electron chi connectivity index (χ4n) is 3.30. The van der Waals surface area contributed by atoms with Crippen molar-refractivity contribution in [2.45, 2.75) is 26.4 Å². The summed E-state index contributed by atoms with van der Waals surface area (Å²) in [6.45, 7) is 4.29. The van der Waals surface area contributed by atoms with Gasteiger partial charge in [-0.3, -0.25) is 4.72 Å². The Morgan fingerprint density at radius 1 is 0.967 bits per heavy atom. The molecule has 30 heavy (non-hydrogen) atoms. The van der Waals surface area contributed by atoms with Crippen LogP contribution in [0.2, 0.25) is 0 Å². The Hall–Kier alpha value is -3.12. The number of rotatable bonds is 7. The van der Waals surface area contributed by atoms with Gasteiger partial charge in [0, 0.05) is 5.69 Å². The fraction of sp³-hybridized carbons (Fsp3) is 0.208. The Morgan fingerprint density at radius 3 is 2.33 bits per heavy atom. The van der Waals surface area contributed by atoms with E-state index in [0.717, 1.165) is 28.5 Å². The van der Waals surface area contributed by atoms with E-state index in [4.69, 9.17) is 4.74 Å². The summed E-state index contributed by atoms with van der Waals surface area (Å²) in [5.41, 5.74) is 4.29. The van der Waals surface area contributed by atoms with E-state index >= 15 is 0 Å². The highest BCUT2D eigenvalue weighted by molar-refractivity contribution is 7.92. The Balaban J connectivity index is 2.01. The minimum atomic E-state index is -3.41. The summed E-state index contributed by atoms with van der Waals surface area (Å²) in [5.74, 6) is -0.258. The number of benzene rings is 3. The van der Waals surface area contributed by atoms with Crippen LogP contribution in [-0.4, -0.2) is 20.6 Å². The van der Waals surface area contributed by atoms with Crippen LogP contribution in [0.5, 0.6) is 0 Å². The van der Waals surface area contributed by atoms with Gasteiger partial charge in [-0.15, -0.1) is 0 Å². The van der Waals surface area contributed by atoms with Crippen LogP contribution in [0.3, 0.4) is 0 Å². The first kappa shape index (κ1) is 21.6. The van der Waals surface area contributed by atoms with Gasteiger partial charge in [0.2, 0.25) is 10.0 Å². The van der Waals surface area contributed by atoms with Crippen molar-refractivity contribution < 1.29 is 17.9 Å². The summed E-state index contributed by atoms with van der Waals surface area (Å²) in [4.78, 5) is 13.0. The molecule has 5 nitrogen and oxygen atoms in total. The van der Waals surface area contributed by atoms with E-state index in [2.05, 4.69) is 18.6 Å². The van der Waals surface area contributed by atoms with E-state index in [0.29, 0.717) is 11.3 Å². The molecule has 0 amide bonds. The van der Waals surface area contributed by atoms with Gasteiger partial charge >= 0.3 is 5.97 Å². The highest BCUT2D eigenvalue weighted by Gasteiger charge is 2.20. The quantitative estimate of drug-likeness (QED) is 0.530. The molecule has 3 aromatic rings. The number of anilines is 1. The van der Waals surface area contributed by atoms with Gasteiger partial charge in [0.05, 0.1) is 11.8 Å². The minimum absolute atomic E-state index is 0.161. The highest BCUT2D eigenvalue weighted by atomic mass is 32.2. The molecular formula is C24H25NO4S. The number of carbonyl (C=O) groups is 1. The van der Waals surface area contributed by atoms with E-state index in [1.54, 1.807) is 24.3 Å². The van der Waals surface area contributed by atoms with Gasteiger partial charge in [-0.05, 0) is 46.4 Å². The van der Waals surface area contributed by atoms with Crippen molar-refractivity contribution in [2.75, 3.05) is 11.0 Å². The van der Waals surface area contributed by atoms with E-state index in [-0.39, 0.29) is 12.5 Å². The Labute approximate surface area is 177 Å². The standard InChI is InChI=1S/C24H25NO4S/c1-17(2)21-13-8-14-22(24(26)29-16-18-9-5-4-6-10-18)23(21)19-11-7-12-20(15-19)25-30(3,27)28/h4-15,17,25H,16H2,1-3H3. The second kappa shape index (κ2) is 9.13. The molecule has 0 aliphatic carbocycles. The summed E-state index contributed by atoms with van der Waals surface area (Å²) in [6, 6.07) is 22.1. The number of esters is 1. The first-order valence-corrected chi connectivity index (χ1v) is 11.6. The van der Waals surface area contributed by atoms with Gasteiger partial charge in [0.15, 0.2) is 0 Å². The second-order valence-corrected chi connectivity index (χ2v) is 9.19. The molecule has 0 spiro atoms. The summed E-state index contributed by atoms with van der Waals surface area (Å²) in [6.07, 6.45) is 1.11. The van der Waals surface area contributed by atoms with Crippen molar-refractivity contribution >= 4 is 21.7 Å². The van der Waals surface area contributed by atoms with Crippen LogP contribution in [-0.2, 0) is 21.4 Å². The zero-order valence-corrected chi connectivity index (χ0v) is 18.1. The summed E-state index contributed by atoms with van der Waals surface area (Å²) in [5, 5.41) is 0. The molecule has 0 heterocycles. The fourth-order valence-corrected chi connectivity index (χ4v) is 3.85. The number of hydrogen-bond acceptors (Lipinski definition) is 4. The maximum absolute atomic E-state index is 13.0. The SMILES string of the molecule is CC(C)c1cccc(C(=O)OCc2ccccc2)c1-c1cccc(NS(C)(=O)=O)c1. The van der Waals surface area contributed by atoms with Crippen LogP contribution in [0.25, 0.3) is 11.1 Å². The van der Waals surface area contributed by atoms with E-state index in [9.17, 15) is 13.2 Å². The predicted octanol–water partition coefficient (Wildman–Crippen LogP) is 5.21. The summed E-state index contributed by atoms with van der Waals surface area (Å²) < 4.78 is 31.3. The van der Waals surface area contributed by atoms with Gasteiger partial charge in [-0.2, -0.15) is 0 Å². The molecule has 0 unspecified atom stereocenters. The molecule has 1 N–H and O–H groups in total. The number of hydrogen-bond donors (Lipinski definition) is 1. The molecule has 6 heteroatoms. The maximum atomic E-state index is 13.0. The molecule has 0 aliphatic rings.